The Morgan fingerprint density at radius 1 is 1.67 bits per heavy atom. The van der Waals surface area contributed by atoms with E-state index < -0.39 is 5.69 Å². The monoisotopic (exact) mass is 128 g/mol. The summed E-state index contributed by atoms with van der Waals surface area (Å²) in [6, 6.07) is 0. The van der Waals surface area contributed by atoms with Gasteiger partial charge in [-0.15, -0.1) is 0 Å². The van der Waals surface area contributed by atoms with Gasteiger partial charge < -0.3 is 4.52 Å². The third-order valence-electron chi connectivity index (χ3n) is 0.949. The van der Waals surface area contributed by atoms with Crippen molar-refractivity contribution in [1.29, 1.82) is 0 Å². The standard InChI is InChI=1S/C5H8N2O2/c1-3(2)4-6-5(8)7-9-4/h3H,1-2H3,(H,7,8). The lowest BCUT2D eigenvalue weighted by Crippen LogP contribution is -2.01. The predicted molar refractivity (Wildman–Crippen MR) is 31.2 cm³/mol. The molecule has 0 aliphatic carbocycles. The third-order valence-corrected chi connectivity index (χ3v) is 0.949. The van der Waals surface area contributed by atoms with Crippen LogP contribution in [0.15, 0.2) is 9.32 Å². The number of nitrogens with one attached hydrogen (secondary N) is 1. The molecule has 0 atom stereocenters. The van der Waals surface area contributed by atoms with E-state index in [2.05, 4.69) is 14.7 Å². The summed E-state index contributed by atoms with van der Waals surface area (Å²) in [4.78, 5) is 13.9. The first-order valence-electron chi connectivity index (χ1n) is 2.75. The lowest BCUT2D eigenvalue weighted by molar-refractivity contribution is 0.361. The first kappa shape index (κ1) is 6.07. The molecule has 50 valence electrons. The molecule has 0 aliphatic heterocycles. The smallest absolute Gasteiger partial charge is 0.362 e. The van der Waals surface area contributed by atoms with Gasteiger partial charge in [0.25, 0.3) is 0 Å². The van der Waals surface area contributed by atoms with Crippen LogP contribution in [0.1, 0.15) is 25.7 Å². The fraction of sp³-hybridized carbons (Fsp3) is 0.600. The maximum Gasteiger partial charge on any atom is 0.377 e. The summed E-state index contributed by atoms with van der Waals surface area (Å²) in [5.41, 5.74) is -0.418. The van der Waals surface area contributed by atoms with Gasteiger partial charge in [-0.3, -0.25) is 0 Å². The Kier molecular flexibility index (Phi) is 1.38. The van der Waals surface area contributed by atoms with Crippen molar-refractivity contribution in [2.24, 2.45) is 0 Å². The molecule has 0 fully saturated rings. The molecule has 1 aromatic heterocycles. The maximum absolute atomic E-state index is 10.3. The quantitative estimate of drug-likeness (QED) is 0.598. The molecule has 1 heterocycles. The van der Waals surface area contributed by atoms with E-state index in [0.29, 0.717) is 5.89 Å². The average molecular weight is 128 g/mol. The van der Waals surface area contributed by atoms with Gasteiger partial charge in [0.1, 0.15) is 0 Å². The molecular formula is C5H8N2O2. The minimum Gasteiger partial charge on any atom is -0.362 e. The average Bonchev–Trinajstić information content (AvgIpc) is 2.14. The third kappa shape index (κ3) is 1.19. The van der Waals surface area contributed by atoms with Gasteiger partial charge in [-0.2, -0.15) is 10.1 Å². The van der Waals surface area contributed by atoms with E-state index in [1.807, 2.05) is 13.8 Å². The number of aromatic amines is 1. The van der Waals surface area contributed by atoms with E-state index in [4.69, 9.17) is 0 Å². The Morgan fingerprint density at radius 3 is 2.56 bits per heavy atom. The minimum atomic E-state index is -0.418. The fourth-order valence-corrected chi connectivity index (χ4v) is 0.489. The molecule has 0 aliphatic rings. The molecule has 9 heavy (non-hydrogen) atoms. The first-order chi connectivity index (χ1) is 4.20. The Morgan fingerprint density at radius 2 is 2.33 bits per heavy atom. The van der Waals surface area contributed by atoms with Gasteiger partial charge in [0, 0.05) is 5.92 Å². The zero-order chi connectivity index (χ0) is 6.85. The number of nitrogens with zero attached hydrogens (tertiary/aromatic N) is 1. The van der Waals surface area contributed by atoms with Gasteiger partial charge in [0.2, 0.25) is 5.89 Å². The molecular weight excluding hydrogens is 120 g/mol. The Hall–Kier alpha value is -1.06. The number of hydrogen-bond acceptors (Lipinski definition) is 3. The summed E-state index contributed by atoms with van der Waals surface area (Å²) < 4.78 is 4.68. The number of rotatable bonds is 1. The van der Waals surface area contributed by atoms with Crippen molar-refractivity contribution in [3.63, 3.8) is 0 Å². The summed E-state index contributed by atoms with van der Waals surface area (Å²) in [5, 5.41) is 2.11. The summed E-state index contributed by atoms with van der Waals surface area (Å²) in [7, 11) is 0. The van der Waals surface area contributed by atoms with Gasteiger partial charge in [0.05, 0.1) is 0 Å². The topological polar surface area (TPSA) is 58.9 Å². The maximum atomic E-state index is 10.3. The van der Waals surface area contributed by atoms with Crippen LogP contribution in [-0.4, -0.2) is 10.1 Å². The molecule has 0 spiro atoms. The lowest BCUT2D eigenvalue weighted by Gasteiger charge is -1.90. The highest BCUT2D eigenvalue weighted by Crippen LogP contribution is 2.05. The fourth-order valence-electron chi connectivity index (χ4n) is 0.489. The molecule has 1 aromatic rings. The van der Waals surface area contributed by atoms with Crippen molar-refractivity contribution >= 4 is 0 Å². The van der Waals surface area contributed by atoms with Gasteiger partial charge in [-0.25, -0.2) is 4.79 Å². The van der Waals surface area contributed by atoms with E-state index in [1.54, 1.807) is 0 Å². The van der Waals surface area contributed by atoms with E-state index in [1.165, 1.54) is 0 Å². The second kappa shape index (κ2) is 2.05. The van der Waals surface area contributed by atoms with E-state index in [-0.39, 0.29) is 5.92 Å². The highest BCUT2D eigenvalue weighted by atomic mass is 16.5. The second-order valence-electron chi connectivity index (χ2n) is 2.11. The Balaban J connectivity index is 2.98. The molecule has 4 heteroatoms. The number of aromatic nitrogens is 2. The largest absolute Gasteiger partial charge is 0.377 e. The molecule has 0 bridgehead atoms. The van der Waals surface area contributed by atoms with E-state index >= 15 is 0 Å². The SMILES string of the molecule is CC(C)c1nc(=O)[nH]o1. The predicted octanol–water partition coefficient (Wildman–Crippen LogP) is 0.486. The molecule has 4 nitrogen and oxygen atoms in total. The highest BCUT2D eigenvalue weighted by Gasteiger charge is 2.04. The molecule has 1 N–H and O–H groups in total. The van der Waals surface area contributed by atoms with Gasteiger partial charge in [-0.05, 0) is 0 Å². The van der Waals surface area contributed by atoms with Crippen LogP contribution in [-0.2, 0) is 0 Å². The highest BCUT2D eigenvalue weighted by molar-refractivity contribution is 4.81. The van der Waals surface area contributed by atoms with Crippen molar-refractivity contribution in [2.45, 2.75) is 19.8 Å². The summed E-state index contributed by atoms with van der Waals surface area (Å²) in [6.45, 7) is 3.80. The van der Waals surface area contributed by atoms with Crippen molar-refractivity contribution in [1.82, 2.24) is 10.1 Å². The summed E-state index contributed by atoms with van der Waals surface area (Å²) in [6.07, 6.45) is 0. The van der Waals surface area contributed by atoms with Crippen LogP contribution >= 0.6 is 0 Å². The molecule has 1 rings (SSSR count). The number of hydrogen-bond donors (Lipinski definition) is 1. The molecule has 0 saturated heterocycles. The van der Waals surface area contributed by atoms with Crippen molar-refractivity contribution in [3.8, 4) is 0 Å². The summed E-state index contributed by atoms with van der Waals surface area (Å²) >= 11 is 0. The second-order valence-corrected chi connectivity index (χ2v) is 2.11. The molecule has 0 amide bonds. The Labute approximate surface area is 51.9 Å². The molecule has 0 unspecified atom stereocenters. The Bertz CT molecular complexity index is 235. The van der Waals surface area contributed by atoms with E-state index in [9.17, 15) is 4.79 Å². The van der Waals surface area contributed by atoms with Crippen LogP contribution in [0.5, 0.6) is 0 Å². The zero-order valence-corrected chi connectivity index (χ0v) is 5.34. The molecule has 0 radical (unpaired) electrons. The van der Waals surface area contributed by atoms with Gasteiger partial charge in [-0.1, -0.05) is 13.8 Å². The zero-order valence-electron chi connectivity index (χ0n) is 5.34. The van der Waals surface area contributed by atoms with Gasteiger partial charge in [0.15, 0.2) is 0 Å². The van der Waals surface area contributed by atoms with Crippen LogP contribution in [0.2, 0.25) is 0 Å². The van der Waals surface area contributed by atoms with Gasteiger partial charge >= 0.3 is 5.69 Å². The van der Waals surface area contributed by atoms with Crippen LogP contribution < -0.4 is 5.69 Å². The van der Waals surface area contributed by atoms with Crippen LogP contribution in [0.4, 0.5) is 0 Å². The molecule has 0 saturated carbocycles. The number of H-pyrrole nitrogens is 1. The lowest BCUT2D eigenvalue weighted by atomic mass is 10.2. The van der Waals surface area contributed by atoms with Crippen LogP contribution in [0.3, 0.4) is 0 Å². The summed E-state index contributed by atoms with van der Waals surface area (Å²) in [5.74, 6) is 0.629. The van der Waals surface area contributed by atoms with Crippen molar-refractivity contribution < 1.29 is 4.52 Å². The van der Waals surface area contributed by atoms with Crippen molar-refractivity contribution in [2.75, 3.05) is 0 Å². The normalized spacial score (nSPS) is 10.6. The van der Waals surface area contributed by atoms with Crippen molar-refractivity contribution in [3.05, 3.63) is 16.4 Å². The van der Waals surface area contributed by atoms with Crippen LogP contribution in [0.25, 0.3) is 0 Å². The minimum absolute atomic E-state index is 0.170. The van der Waals surface area contributed by atoms with Crippen LogP contribution in [0, 0.1) is 0 Å². The molecule has 0 aromatic carbocycles. The first-order valence-corrected chi connectivity index (χ1v) is 2.75. The van der Waals surface area contributed by atoms with E-state index in [0.717, 1.165) is 0 Å².